The molecule has 106 valence electrons. The summed E-state index contributed by atoms with van der Waals surface area (Å²) >= 11 is 0. The van der Waals surface area contributed by atoms with E-state index in [9.17, 15) is 4.79 Å². The molecule has 0 spiro atoms. The molecule has 1 N–H and O–H groups in total. The van der Waals surface area contributed by atoms with Crippen LogP contribution in [-0.2, 0) is 4.74 Å². The fourth-order valence-electron chi connectivity index (χ4n) is 2.51. The molecule has 3 aromatic rings. The van der Waals surface area contributed by atoms with Gasteiger partial charge in [-0.15, -0.1) is 0 Å². The van der Waals surface area contributed by atoms with E-state index in [1.165, 1.54) is 7.11 Å². The Morgan fingerprint density at radius 1 is 1.14 bits per heavy atom. The normalized spacial score (nSPS) is 10.8. The number of aromatic nitrogens is 3. The van der Waals surface area contributed by atoms with Gasteiger partial charge in [-0.25, -0.2) is 14.8 Å². The lowest BCUT2D eigenvalue weighted by molar-refractivity contribution is 0.0595. The first kappa shape index (κ1) is 13.3. The Hall–Kier alpha value is -2.69. The van der Waals surface area contributed by atoms with Crippen LogP contribution in [0.15, 0.2) is 30.6 Å². The van der Waals surface area contributed by atoms with Gasteiger partial charge < -0.3 is 9.72 Å². The highest BCUT2D eigenvalue weighted by Crippen LogP contribution is 2.28. The zero-order valence-corrected chi connectivity index (χ0v) is 12.1. The first-order valence-corrected chi connectivity index (χ1v) is 6.60. The Morgan fingerprint density at radius 2 is 1.86 bits per heavy atom. The van der Waals surface area contributed by atoms with Crippen molar-refractivity contribution in [1.82, 2.24) is 15.0 Å². The molecular weight excluding hydrogens is 266 g/mol. The fraction of sp³-hybridized carbons (Fsp3) is 0.188. The van der Waals surface area contributed by atoms with Gasteiger partial charge in [0.1, 0.15) is 12.0 Å². The van der Waals surface area contributed by atoms with Crippen molar-refractivity contribution in [1.29, 1.82) is 0 Å². The van der Waals surface area contributed by atoms with Crippen molar-refractivity contribution in [3.8, 4) is 11.1 Å². The zero-order valence-electron chi connectivity index (χ0n) is 12.1. The molecule has 21 heavy (non-hydrogen) atoms. The molecule has 0 aliphatic carbocycles. The van der Waals surface area contributed by atoms with Gasteiger partial charge in [-0.05, 0) is 31.5 Å². The number of nitrogens with one attached hydrogen (secondary N) is 1. The summed E-state index contributed by atoms with van der Waals surface area (Å²) < 4.78 is 4.73. The predicted molar refractivity (Wildman–Crippen MR) is 80.1 cm³/mol. The number of ether oxygens (including phenoxy) is 1. The molecule has 1 aromatic carbocycles. The van der Waals surface area contributed by atoms with Crippen LogP contribution in [0.5, 0.6) is 0 Å². The van der Waals surface area contributed by atoms with Crippen LogP contribution in [0.3, 0.4) is 0 Å². The van der Waals surface area contributed by atoms with E-state index in [-0.39, 0.29) is 5.97 Å². The largest absolute Gasteiger partial charge is 0.464 e. The van der Waals surface area contributed by atoms with E-state index in [2.05, 4.69) is 15.0 Å². The number of aromatic amines is 1. The minimum atomic E-state index is -0.372. The number of benzene rings is 1. The maximum absolute atomic E-state index is 11.6. The van der Waals surface area contributed by atoms with Crippen LogP contribution in [0, 0.1) is 13.8 Å². The van der Waals surface area contributed by atoms with E-state index in [4.69, 9.17) is 4.74 Å². The Kier molecular flexibility index (Phi) is 3.17. The van der Waals surface area contributed by atoms with Gasteiger partial charge in [-0.3, -0.25) is 0 Å². The first-order valence-electron chi connectivity index (χ1n) is 6.60. The quantitative estimate of drug-likeness (QED) is 0.733. The maximum atomic E-state index is 11.6. The molecule has 0 unspecified atom stereocenters. The molecule has 0 amide bonds. The molecule has 3 rings (SSSR count). The van der Waals surface area contributed by atoms with Crippen molar-refractivity contribution in [2.24, 2.45) is 0 Å². The predicted octanol–water partition coefficient (Wildman–Crippen LogP) is 3.03. The monoisotopic (exact) mass is 281 g/mol. The third-order valence-electron chi connectivity index (χ3n) is 3.54. The molecule has 0 saturated heterocycles. The van der Waals surface area contributed by atoms with Crippen LogP contribution >= 0.6 is 0 Å². The molecule has 0 radical (unpaired) electrons. The molecule has 0 atom stereocenters. The summed E-state index contributed by atoms with van der Waals surface area (Å²) in [6.45, 7) is 3.92. The van der Waals surface area contributed by atoms with Gasteiger partial charge in [-0.2, -0.15) is 0 Å². The molecular formula is C16H15N3O2. The van der Waals surface area contributed by atoms with Crippen molar-refractivity contribution in [2.45, 2.75) is 13.8 Å². The lowest BCUT2D eigenvalue weighted by Gasteiger charge is -2.08. The molecule has 2 heterocycles. The van der Waals surface area contributed by atoms with Crippen molar-refractivity contribution in [2.75, 3.05) is 7.11 Å². The third kappa shape index (κ3) is 2.27. The Labute approximate surface area is 122 Å². The molecule has 2 aromatic heterocycles. The molecule has 0 bridgehead atoms. The van der Waals surface area contributed by atoms with Crippen molar-refractivity contribution < 1.29 is 9.53 Å². The number of nitrogens with zero attached hydrogens (tertiary/aromatic N) is 2. The van der Waals surface area contributed by atoms with Crippen molar-refractivity contribution in [3.63, 3.8) is 0 Å². The number of hydrogen-bond acceptors (Lipinski definition) is 4. The van der Waals surface area contributed by atoms with Crippen LogP contribution in [-0.4, -0.2) is 28.0 Å². The van der Waals surface area contributed by atoms with E-state index >= 15 is 0 Å². The Bertz CT molecular complexity index is 816. The number of rotatable bonds is 2. The maximum Gasteiger partial charge on any atom is 0.354 e. The Balaban J connectivity index is 2.15. The Morgan fingerprint density at radius 3 is 2.52 bits per heavy atom. The highest BCUT2D eigenvalue weighted by atomic mass is 16.5. The summed E-state index contributed by atoms with van der Waals surface area (Å²) in [6.07, 6.45) is 1.57. The second kappa shape index (κ2) is 5.01. The average Bonchev–Trinajstić information content (AvgIpc) is 2.89. The van der Waals surface area contributed by atoms with Crippen molar-refractivity contribution in [3.05, 3.63) is 47.7 Å². The summed E-state index contributed by atoms with van der Waals surface area (Å²) in [7, 11) is 1.37. The number of carbonyl (C=O) groups excluding carboxylic acids is 1. The SMILES string of the molecule is COC(=O)c1cc2ccc(-c3c(C)ncnc3C)cc2[nH]1. The molecule has 0 fully saturated rings. The topological polar surface area (TPSA) is 67.9 Å². The summed E-state index contributed by atoms with van der Waals surface area (Å²) in [4.78, 5) is 23.1. The number of carbonyl (C=O) groups is 1. The lowest BCUT2D eigenvalue weighted by Crippen LogP contribution is -2.00. The molecule has 5 nitrogen and oxygen atoms in total. The van der Waals surface area contributed by atoms with Crippen LogP contribution in [0.4, 0.5) is 0 Å². The number of esters is 1. The van der Waals surface area contributed by atoms with Crippen LogP contribution in [0.1, 0.15) is 21.9 Å². The van der Waals surface area contributed by atoms with Gasteiger partial charge in [0.2, 0.25) is 0 Å². The molecule has 0 aliphatic heterocycles. The second-order valence-corrected chi connectivity index (χ2v) is 4.90. The number of methoxy groups -OCH3 is 1. The number of fused-ring (bicyclic) bond motifs is 1. The lowest BCUT2D eigenvalue weighted by atomic mass is 10.0. The summed E-state index contributed by atoms with van der Waals surface area (Å²) in [5.74, 6) is -0.372. The van der Waals surface area contributed by atoms with E-state index in [1.807, 2.05) is 32.0 Å². The molecule has 0 aliphatic rings. The standard InChI is InChI=1S/C16H15N3O2/c1-9-15(10(2)18-8-17-9)12-5-4-11-6-14(16(20)21-3)19-13(11)7-12/h4-8,19H,1-3H3. The van der Waals surface area contributed by atoms with E-state index < -0.39 is 0 Å². The average molecular weight is 281 g/mol. The summed E-state index contributed by atoms with van der Waals surface area (Å²) in [5, 5.41) is 0.964. The van der Waals surface area contributed by atoms with E-state index in [0.717, 1.165) is 33.4 Å². The van der Waals surface area contributed by atoms with Gasteiger partial charge in [0, 0.05) is 27.9 Å². The van der Waals surface area contributed by atoms with Gasteiger partial charge in [0.25, 0.3) is 0 Å². The number of H-pyrrole nitrogens is 1. The highest BCUT2D eigenvalue weighted by molar-refractivity contribution is 5.96. The van der Waals surface area contributed by atoms with E-state index in [1.54, 1.807) is 12.4 Å². The van der Waals surface area contributed by atoms with E-state index in [0.29, 0.717) is 5.69 Å². The zero-order chi connectivity index (χ0) is 15.0. The molecule has 0 saturated carbocycles. The van der Waals surface area contributed by atoms with Crippen LogP contribution in [0.25, 0.3) is 22.0 Å². The van der Waals surface area contributed by atoms with Gasteiger partial charge in [0.15, 0.2) is 0 Å². The fourth-order valence-corrected chi connectivity index (χ4v) is 2.51. The summed E-state index contributed by atoms with van der Waals surface area (Å²) in [5.41, 5.74) is 5.24. The number of aryl methyl sites for hydroxylation is 2. The third-order valence-corrected chi connectivity index (χ3v) is 3.54. The van der Waals surface area contributed by atoms with Gasteiger partial charge in [-0.1, -0.05) is 12.1 Å². The second-order valence-electron chi connectivity index (χ2n) is 4.90. The first-order chi connectivity index (χ1) is 10.1. The van der Waals surface area contributed by atoms with Crippen LogP contribution in [0.2, 0.25) is 0 Å². The van der Waals surface area contributed by atoms with Crippen molar-refractivity contribution >= 4 is 16.9 Å². The number of hydrogen-bond donors (Lipinski definition) is 1. The highest BCUT2D eigenvalue weighted by Gasteiger charge is 2.12. The minimum Gasteiger partial charge on any atom is -0.464 e. The smallest absolute Gasteiger partial charge is 0.354 e. The van der Waals surface area contributed by atoms with Crippen LogP contribution < -0.4 is 0 Å². The van der Waals surface area contributed by atoms with Gasteiger partial charge >= 0.3 is 5.97 Å². The van der Waals surface area contributed by atoms with Gasteiger partial charge in [0.05, 0.1) is 7.11 Å². The molecule has 5 heteroatoms. The minimum absolute atomic E-state index is 0.372. The summed E-state index contributed by atoms with van der Waals surface area (Å²) in [6, 6.07) is 7.77.